The van der Waals surface area contributed by atoms with E-state index in [1.807, 2.05) is 0 Å². The van der Waals surface area contributed by atoms with Crippen LogP contribution in [0.1, 0.15) is 0 Å². The summed E-state index contributed by atoms with van der Waals surface area (Å²) in [7, 11) is 1.62. The van der Waals surface area contributed by atoms with Crippen molar-refractivity contribution in [1.29, 1.82) is 0 Å². The van der Waals surface area contributed by atoms with Crippen molar-refractivity contribution in [3.8, 4) is 0 Å². The molecule has 38 valence electrons. The molecule has 3 heteroatoms. The van der Waals surface area contributed by atoms with E-state index in [1.165, 1.54) is 0 Å². The molecule has 0 spiro atoms. The Morgan fingerprint density at radius 2 is 2.00 bits per heavy atom. The summed E-state index contributed by atoms with van der Waals surface area (Å²) in [6.07, 6.45) is 3.29. The maximum Gasteiger partial charge on any atom is 0.131 e. The van der Waals surface area contributed by atoms with E-state index >= 15 is 0 Å². The fraction of sp³-hybridized carbons (Fsp3) is 0.500. The third-order valence-corrected chi connectivity index (χ3v) is 0.766. The van der Waals surface area contributed by atoms with Gasteiger partial charge in [-0.05, 0) is 0 Å². The van der Waals surface area contributed by atoms with Gasteiger partial charge in [-0.1, -0.05) is 0 Å². The van der Waals surface area contributed by atoms with Crippen molar-refractivity contribution in [1.82, 2.24) is 0 Å². The highest BCUT2D eigenvalue weighted by Gasteiger charge is 2.00. The monoisotopic (exact) mass is 98.0 g/mol. The molecule has 0 radical (unpaired) electrons. The molecule has 1 aliphatic rings. The highest BCUT2D eigenvalue weighted by Crippen LogP contribution is 1.88. The van der Waals surface area contributed by atoms with Gasteiger partial charge in [0.05, 0.1) is 12.4 Å². The second-order valence-corrected chi connectivity index (χ2v) is 1.23. The molecule has 3 nitrogen and oxygen atoms in total. The lowest BCUT2D eigenvalue weighted by atomic mass is 10.4. The SMILES string of the molecule is COC1C=NN=C1. The standard InChI is InChI=1S/C4H6N2O/c1-7-4-2-5-6-3-4/h2-4H,1H3. The lowest BCUT2D eigenvalue weighted by molar-refractivity contribution is 0.213. The van der Waals surface area contributed by atoms with Crippen LogP contribution in [0.25, 0.3) is 0 Å². The van der Waals surface area contributed by atoms with Gasteiger partial charge in [-0.3, -0.25) is 0 Å². The maximum absolute atomic E-state index is 4.81. The lowest BCUT2D eigenvalue weighted by Crippen LogP contribution is -2.09. The van der Waals surface area contributed by atoms with Crippen LogP contribution in [0.3, 0.4) is 0 Å². The fourth-order valence-corrected chi connectivity index (χ4v) is 0.369. The van der Waals surface area contributed by atoms with Crippen molar-refractivity contribution in [2.24, 2.45) is 10.2 Å². The second-order valence-electron chi connectivity index (χ2n) is 1.23. The Kier molecular flexibility index (Phi) is 1.17. The molecule has 0 bridgehead atoms. The summed E-state index contributed by atoms with van der Waals surface area (Å²) < 4.78 is 4.81. The summed E-state index contributed by atoms with van der Waals surface area (Å²) in [5, 5.41) is 7.11. The van der Waals surface area contributed by atoms with Gasteiger partial charge in [0.15, 0.2) is 0 Å². The summed E-state index contributed by atoms with van der Waals surface area (Å²) >= 11 is 0. The Morgan fingerprint density at radius 3 is 2.29 bits per heavy atom. The van der Waals surface area contributed by atoms with Crippen LogP contribution < -0.4 is 0 Å². The first kappa shape index (κ1) is 4.46. The van der Waals surface area contributed by atoms with Crippen molar-refractivity contribution in [3.05, 3.63) is 0 Å². The molecule has 0 saturated carbocycles. The predicted octanol–water partition coefficient (Wildman–Crippen LogP) is 0.0716. The summed E-state index contributed by atoms with van der Waals surface area (Å²) in [6.45, 7) is 0. The second kappa shape index (κ2) is 1.84. The molecule has 1 heterocycles. The Labute approximate surface area is 41.7 Å². The fourth-order valence-electron chi connectivity index (χ4n) is 0.369. The van der Waals surface area contributed by atoms with Gasteiger partial charge < -0.3 is 4.74 Å². The summed E-state index contributed by atoms with van der Waals surface area (Å²) in [4.78, 5) is 0. The number of hydrogen-bond donors (Lipinski definition) is 0. The van der Waals surface area contributed by atoms with Gasteiger partial charge in [0.1, 0.15) is 6.10 Å². The largest absolute Gasteiger partial charge is 0.370 e. The minimum Gasteiger partial charge on any atom is -0.370 e. The van der Waals surface area contributed by atoms with E-state index in [-0.39, 0.29) is 6.10 Å². The van der Waals surface area contributed by atoms with Gasteiger partial charge in [0, 0.05) is 7.11 Å². The van der Waals surface area contributed by atoms with Gasteiger partial charge in [-0.15, -0.1) is 0 Å². The van der Waals surface area contributed by atoms with Crippen molar-refractivity contribution >= 4 is 12.4 Å². The smallest absolute Gasteiger partial charge is 0.131 e. The van der Waals surface area contributed by atoms with Gasteiger partial charge >= 0.3 is 0 Å². The molecule has 7 heavy (non-hydrogen) atoms. The molecule has 0 fully saturated rings. The number of hydrogen-bond acceptors (Lipinski definition) is 3. The van der Waals surface area contributed by atoms with Crippen molar-refractivity contribution in [2.45, 2.75) is 6.10 Å². The molecular weight excluding hydrogens is 92.1 g/mol. The zero-order chi connectivity index (χ0) is 5.11. The Balaban J connectivity index is 2.44. The van der Waals surface area contributed by atoms with Crippen LogP contribution >= 0.6 is 0 Å². The molecule has 0 saturated heterocycles. The maximum atomic E-state index is 4.81. The number of ether oxygens (including phenoxy) is 1. The third-order valence-electron chi connectivity index (χ3n) is 0.766. The number of methoxy groups -OCH3 is 1. The van der Waals surface area contributed by atoms with Gasteiger partial charge in [-0.2, -0.15) is 10.2 Å². The van der Waals surface area contributed by atoms with E-state index in [4.69, 9.17) is 4.74 Å². The quantitative estimate of drug-likeness (QED) is 0.457. The highest BCUT2D eigenvalue weighted by atomic mass is 16.5. The molecule has 0 aliphatic carbocycles. The van der Waals surface area contributed by atoms with E-state index in [0.29, 0.717) is 0 Å². The van der Waals surface area contributed by atoms with E-state index in [2.05, 4.69) is 10.2 Å². The highest BCUT2D eigenvalue weighted by molar-refractivity contribution is 5.89. The molecule has 0 unspecified atom stereocenters. The van der Waals surface area contributed by atoms with E-state index in [9.17, 15) is 0 Å². The van der Waals surface area contributed by atoms with Crippen LogP contribution in [0, 0.1) is 0 Å². The average molecular weight is 98.1 g/mol. The average Bonchev–Trinajstić information content (AvgIpc) is 2.14. The lowest BCUT2D eigenvalue weighted by Gasteiger charge is -1.93. The normalized spacial score (nSPS) is 19.0. The van der Waals surface area contributed by atoms with E-state index in [1.54, 1.807) is 19.5 Å². The minimum atomic E-state index is 0.0139. The molecule has 0 aromatic heterocycles. The van der Waals surface area contributed by atoms with E-state index in [0.717, 1.165) is 0 Å². The Bertz CT molecular complexity index is 96.3. The van der Waals surface area contributed by atoms with Crippen LogP contribution in [0.4, 0.5) is 0 Å². The zero-order valence-electron chi connectivity index (χ0n) is 4.03. The Morgan fingerprint density at radius 1 is 1.43 bits per heavy atom. The minimum absolute atomic E-state index is 0.0139. The predicted molar refractivity (Wildman–Crippen MR) is 27.8 cm³/mol. The topological polar surface area (TPSA) is 34.0 Å². The Hall–Kier alpha value is -0.700. The molecule has 0 aromatic rings. The van der Waals surface area contributed by atoms with Crippen molar-refractivity contribution in [2.75, 3.05) is 7.11 Å². The van der Waals surface area contributed by atoms with Crippen molar-refractivity contribution in [3.63, 3.8) is 0 Å². The first-order valence-electron chi connectivity index (χ1n) is 2.03. The molecule has 1 rings (SSSR count). The molecular formula is C4H6N2O. The molecule has 0 N–H and O–H groups in total. The van der Waals surface area contributed by atoms with Crippen molar-refractivity contribution < 1.29 is 4.74 Å². The van der Waals surface area contributed by atoms with Crippen LogP contribution in [0.15, 0.2) is 10.2 Å². The summed E-state index contributed by atoms with van der Waals surface area (Å²) in [6, 6.07) is 0. The zero-order valence-corrected chi connectivity index (χ0v) is 4.03. The van der Waals surface area contributed by atoms with Crippen LogP contribution in [0.5, 0.6) is 0 Å². The van der Waals surface area contributed by atoms with E-state index < -0.39 is 0 Å². The third kappa shape index (κ3) is 0.838. The van der Waals surface area contributed by atoms with Crippen LogP contribution in [0.2, 0.25) is 0 Å². The van der Waals surface area contributed by atoms with Gasteiger partial charge in [0.2, 0.25) is 0 Å². The summed E-state index contributed by atoms with van der Waals surface area (Å²) in [5.41, 5.74) is 0. The number of rotatable bonds is 1. The first-order valence-corrected chi connectivity index (χ1v) is 2.03. The molecule has 0 aromatic carbocycles. The van der Waals surface area contributed by atoms with Crippen LogP contribution in [-0.2, 0) is 4.74 Å². The van der Waals surface area contributed by atoms with Crippen LogP contribution in [-0.4, -0.2) is 25.6 Å². The summed E-state index contributed by atoms with van der Waals surface area (Å²) in [5.74, 6) is 0. The van der Waals surface area contributed by atoms with Gasteiger partial charge in [0.25, 0.3) is 0 Å². The first-order chi connectivity index (χ1) is 3.43. The molecule has 1 aliphatic heterocycles. The number of nitrogens with zero attached hydrogens (tertiary/aromatic N) is 2. The molecule has 0 atom stereocenters. The van der Waals surface area contributed by atoms with Gasteiger partial charge in [-0.25, -0.2) is 0 Å². The molecule has 0 amide bonds.